The molecule has 1 N–H and O–H groups in total. The van der Waals surface area contributed by atoms with Crippen LogP contribution in [0.2, 0.25) is 5.02 Å². The number of fused-ring (bicyclic) bond motifs is 1. The van der Waals surface area contributed by atoms with Gasteiger partial charge < -0.3 is 14.6 Å². The fourth-order valence-corrected chi connectivity index (χ4v) is 4.02. The van der Waals surface area contributed by atoms with Crippen molar-refractivity contribution in [2.75, 3.05) is 6.79 Å². The van der Waals surface area contributed by atoms with E-state index in [0.29, 0.717) is 29.4 Å². The predicted molar refractivity (Wildman–Crippen MR) is 84.1 cm³/mol. The van der Waals surface area contributed by atoms with Crippen molar-refractivity contribution in [1.82, 2.24) is 0 Å². The number of halogens is 1. The zero-order chi connectivity index (χ0) is 15.9. The average molecular weight is 325 g/mol. The summed E-state index contributed by atoms with van der Waals surface area (Å²) in [6, 6.07) is 1.80. The summed E-state index contributed by atoms with van der Waals surface area (Å²) in [5.74, 6) is 0.555. The molecule has 4 nitrogen and oxygen atoms in total. The van der Waals surface area contributed by atoms with E-state index in [2.05, 4.69) is 0 Å². The molecular weight excluding hydrogens is 304 g/mol. The van der Waals surface area contributed by atoms with E-state index in [1.807, 2.05) is 13.8 Å². The smallest absolute Gasteiger partial charge is 0.314 e. The molecule has 1 fully saturated rings. The normalized spacial score (nSPS) is 19.5. The Kier molecular flexibility index (Phi) is 3.98. The van der Waals surface area contributed by atoms with Crippen LogP contribution in [-0.4, -0.2) is 17.9 Å². The van der Waals surface area contributed by atoms with Gasteiger partial charge in [0.15, 0.2) is 11.5 Å². The van der Waals surface area contributed by atoms with E-state index in [1.165, 1.54) is 0 Å². The summed E-state index contributed by atoms with van der Waals surface area (Å²) in [6.45, 7) is 4.23. The summed E-state index contributed by atoms with van der Waals surface area (Å²) in [7, 11) is 0. The summed E-state index contributed by atoms with van der Waals surface area (Å²) in [6.07, 6.45) is 4.24. The van der Waals surface area contributed by atoms with Gasteiger partial charge in [0.1, 0.15) is 0 Å². The fourth-order valence-electron chi connectivity index (χ4n) is 3.77. The van der Waals surface area contributed by atoms with Gasteiger partial charge in [0.05, 0.1) is 10.4 Å². The fraction of sp³-hybridized carbons (Fsp3) is 0.588. The summed E-state index contributed by atoms with van der Waals surface area (Å²) in [5, 5.41) is 10.4. The monoisotopic (exact) mass is 324 g/mol. The Morgan fingerprint density at radius 3 is 2.45 bits per heavy atom. The van der Waals surface area contributed by atoms with Crippen LogP contribution in [0.4, 0.5) is 0 Å². The van der Waals surface area contributed by atoms with Crippen LogP contribution in [0.5, 0.6) is 11.5 Å². The molecule has 0 saturated heterocycles. The minimum atomic E-state index is -0.859. The number of carboxylic acids is 1. The molecule has 1 aliphatic heterocycles. The second kappa shape index (κ2) is 5.65. The lowest BCUT2D eigenvalue weighted by molar-refractivity contribution is -0.145. The summed E-state index contributed by atoms with van der Waals surface area (Å²) >= 11 is 6.34. The molecule has 3 rings (SSSR count). The van der Waals surface area contributed by atoms with E-state index in [0.717, 1.165) is 30.4 Å². The predicted octanol–water partition coefficient (Wildman–Crippen LogP) is 4.48. The number of benzene rings is 1. The van der Waals surface area contributed by atoms with Gasteiger partial charge in [-0.05, 0) is 30.4 Å². The maximum absolute atomic E-state index is 12.1. The van der Waals surface area contributed by atoms with Crippen molar-refractivity contribution in [3.8, 4) is 11.5 Å². The van der Waals surface area contributed by atoms with Crippen LogP contribution in [0, 0.1) is 0 Å². The van der Waals surface area contributed by atoms with Crippen LogP contribution in [0.3, 0.4) is 0 Å². The molecule has 0 radical (unpaired) electrons. The lowest BCUT2D eigenvalue weighted by Crippen LogP contribution is -2.39. The van der Waals surface area contributed by atoms with Crippen LogP contribution >= 0.6 is 11.6 Å². The van der Waals surface area contributed by atoms with Crippen molar-refractivity contribution < 1.29 is 19.4 Å². The van der Waals surface area contributed by atoms with Crippen molar-refractivity contribution in [2.24, 2.45) is 0 Å². The van der Waals surface area contributed by atoms with Gasteiger partial charge in [0.2, 0.25) is 6.79 Å². The van der Waals surface area contributed by atoms with Gasteiger partial charge in [-0.2, -0.15) is 0 Å². The first-order chi connectivity index (χ1) is 10.5. The molecular formula is C17H21ClO4. The van der Waals surface area contributed by atoms with Gasteiger partial charge in [-0.15, -0.1) is 0 Å². The Balaban J connectivity index is 2.25. The summed E-state index contributed by atoms with van der Waals surface area (Å²) in [5.41, 5.74) is 0.882. The van der Waals surface area contributed by atoms with Gasteiger partial charge in [0, 0.05) is 5.56 Å². The number of ether oxygens (including phenoxy) is 2. The highest BCUT2D eigenvalue weighted by molar-refractivity contribution is 6.32. The first-order valence-corrected chi connectivity index (χ1v) is 8.21. The zero-order valence-electron chi connectivity index (χ0n) is 12.9. The highest BCUT2D eigenvalue weighted by Crippen LogP contribution is 2.52. The maximum Gasteiger partial charge on any atom is 0.314 e. The molecule has 0 amide bonds. The van der Waals surface area contributed by atoms with Crippen LogP contribution < -0.4 is 9.47 Å². The molecule has 22 heavy (non-hydrogen) atoms. The Morgan fingerprint density at radius 1 is 1.23 bits per heavy atom. The van der Waals surface area contributed by atoms with Crippen molar-refractivity contribution in [3.63, 3.8) is 0 Å². The minimum absolute atomic E-state index is 0.137. The van der Waals surface area contributed by atoms with Crippen molar-refractivity contribution in [2.45, 2.75) is 57.3 Å². The Morgan fingerprint density at radius 2 is 1.86 bits per heavy atom. The van der Waals surface area contributed by atoms with Crippen molar-refractivity contribution >= 4 is 17.6 Å². The average Bonchev–Trinajstić information content (AvgIpc) is 2.97. The Bertz CT molecular complexity index is 603. The molecule has 2 aliphatic rings. The summed E-state index contributed by atoms with van der Waals surface area (Å²) < 4.78 is 11.1. The molecule has 120 valence electrons. The zero-order valence-corrected chi connectivity index (χ0v) is 13.7. The number of hydrogen-bond acceptors (Lipinski definition) is 3. The Labute approximate surface area is 135 Å². The molecule has 0 aromatic heterocycles. The highest BCUT2D eigenvalue weighted by Gasteiger charge is 2.45. The largest absolute Gasteiger partial charge is 0.481 e. The molecule has 0 bridgehead atoms. The van der Waals surface area contributed by atoms with Gasteiger partial charge in [-0.3, -0.25) is 4.79 Å². The third-order valence-corrected chi connectivity index (χ3v) is 5.13. The molecule has 5 heteroatoms. The number of hydrogen-bond donors (Lipinski definition) is 1. The number of rotatable bonds is 3. The van der Waals surface area contributed by atoms with Gasteiger partial charge in [0.25, 0.3) is 0 Å². The third-order valence-electron chi connectivity index (χ3n) is 4.84. The van der Waals surface area contributed by atoms with E-state index in [1.54, 1.807) is 6.07 Å². The lowest BCUT2D eigenvalue weighted by Gasteiger charge is -2.36. The van der Waals surface area contributed by atoms with Gasteiger partial charge in [-0.25, -0.2) is 0 Å². The van der Waals surface area contributed by atoms with E-state index in [-0.39, 0.29) is 12.7 Å². The van der Waals surface area contributed by atoms with Gasteiger partial charge >= 0.3 is 5.97 Å². The van der Waals surface area contributed by atoms with E-state index in [9.17, 15) is 9.90 Å². The maximum atomic E-state index is 12.1. The second-order valence-corrected chi connectivity index (χ2v) is 6.89. The third kappa shape index (κ3) is 2.24. The molecule has 1 aliphatic carbocycles. The molecule has 0 unspecified atom stereocenters. The van der Waals surface area contributed by atoms with Crippen LogP contribution in [0.25, 0.3) is 0 Å². The van der Waals surface area contributed by atoms with Crippen LogP contribution in [0.15, 0.2) is 6.07 Å². The van der Waals surface area contributed by atoms with Gasteiger partial charge in [-0.1, -0.05) is 44.7 Å². The number of carboxylic acid groups (broad SMARTS) is 1. The van der Waals surface area contributed by atoms with E-state index in [4.69, 9.17) is 21.1 Å². The minimum Gasteiger partial charge on any atom is -0.481 e. The van der Waals surface area contributed by atoms with Crippen LogP contribution in [-0.2, 0) is 10.2 Å². The number of carbonyl (C=O) groups is 1. The standard InChI is InChI=1S/C17H21ClO4/c1-10(2)13-11(8-12(18)14-15(13)22-9-21-14)17(16(19)20)6-4-3-5-7-17/h8,10H,3-7,9H2,1-2H3,(H,19,20). The Hall–Kier alpha value is -1.42. The first-order valence-electron chi connectivity index (χ1n) is 7.83. The quantitative estimate of drug-likeness (QED) is 0.890. The van der Waals surface area contributed by atoms with E-state index < -0.39 is 11.4 Å². The first kappa shape index (κ1) is 15.5. The van der Waals surface area contributed by atoms with Crippen LogP contribution in [0.1, 0.15) is 63.0 Å². The van der Waals surface area contributed by atoms with Crippen molar-refractivity contribution in [3.05, 3.63) is 22.2 Å². The highest BCUT2D eigenvalue weighted by atomic mass is 35.5. The number of aliphatic carboxylic acids is 1. The molecule has 0 spiro atoms. The molecule has 1 aromatic carbocycles. The summed E-state index contributed by atoms with van der Waals surface area (Å²) in [4.78, 5) is 12.1. The van der Waals surface area contributed by atoms with Crippen molar-refractivity contribution in [1.29, 1.82) is 0 Å². The topological polar surface area (TPSA) is 55.8 Å². The molecule has 1 aromatic rings. The SMILES string of the molecule is CC(C)c1c(C2(C(=O)O)CCCCC2)cc(Cl)c2c1OCO2. The molecule has 1 saturated carbocycles. The molecule has 0 atom stereocenters. The van der Waals surface area contributed by atoms with E-state index >= 15 is 0 Å². The second-order valence-electron chi connectivity index (χ2n) is 6.49. The lowest BCUT2D eigenvalue weighted by atomic mass is 9.67. The molecule has 1 heterocycles.